The predicted octanol–water partition coefficient (Wildman–Crippen LogP) is 2.74. The van der Waals surface area contributed by atoms with E-state index in [1.807, 2.05) is 11.5 Å². The van der Waals surface area contributed by atoms with Gasteiger partial charge in [-0.3, -0.25) is 4.79 Å². The van der Waals surface area contributed by atoms with Crippen molar-refractivity contribution in [2.75, 3.05) is 7.11 Å². The normalized spacial score (nSPS) is 10.8. The molecule has 1 aromatic carbocycles. The number of esters is 1. The van der Waals surface area contributed by atoms with E-state index in [9.17, 15) is 4.79 Å². The van der Waals surface area contributed by atoms with Crippen molar-refractivity contribution < 1.29 is 9.53 Å². The molecule has 0 bridgehead atoms. The standard InChI is InChI=1S/C14H17NO2/c1-9-5-6-10(2)14-12(9)7-11(3)15(14)8-13(16)17-4/h5-7H,8H2,1-4H3. The summed E-state index contributed by atoms with van der Waals surface area (Å²) in [7, 11) is 1.42. The van der Waals surface area contributed by atoms with E-state index in [1.165, 1.54) is 23.6 Å². The fraction of sp³-hybridized carbons (Fsp3) is 0.357. The summed E-state index contributed by atoms with van der Waals surface area (Å²) in [4.78, 5) is 11.4. The van der Waals surface area contributed by atoms with Crippen molar-refractivity contribution in [3.05, 3.63) is 35.0 Å². The highest BCUT2D eigenvalue weighted by atomic mass is 16.5. The van der Waals surface area contributed by atoms with E-state index in [4.69, 9.17) is 4.74 Å². The minimum absolute atomic E-state index is 0.216. The molecule has 0 atom stereocenters. The Hall–Kier alpha value is -1.77. The van der Waals surface area contributed by atoms with Gasteiger partial charge < -0.3 is 9.30 Å². The molecule has 0 spiro atoms. The van der Waals surface area contributed by atoms with Crippen molar-refractivity contribution in [3.8, 4) is 0 Å². The van der Waals surface area contributed by atoms with Gasteiger partial charge in [-0.2, -0.15) is 0 Å². The number of rotatable bonds is 2. The van der Waals surface area contributed by atoms with E-state index >= 15 is 0 Å². The van der Waals surface area contributed by atoms with E-state index in [0.717, 1.165) is 11.2 Å². The molecule has 3 nitrogen and oxygen atoms in total. The number of benzene rings is 1. The molecule has 0 saturated carbocycles. The SMILES string of the molecule is COC(=O)Cn1c(C)cc2c(C)ccc(C)c21. The van der Waals surface area contributed by atoms with Crippen LogP contribution in [0.15, 0.2) is 18.2 Å². The number of aryl methyl sites for hydroxylation is 3. The summed E-state index contributed by atoms with van der Waals surface area (Å²) in [5.74, 6) is -0.216. The molecule has 0 aliphatic rings. The van der Waals surface area contributed by atoms with Crippen LogP contribution >= 0.6 is 0 Å². The number of aromatic nitrogens is 1. The first-order valence-electron chi connectivity index (χ1n) is 5.67. The highest BCUT2D eigenvalue weighted by molar-refractivity contribution is 5.88. The Morgan fingerprint density at radius 1 is 1.24 bits per heavy atom. The van der Waals surface area contributed by atoms with Crippen molar-refractivity contribution in [1.29, 1.82) is 0 Å². The van der Waals surface area contributed by atoms with Gasteiger partial charge in [0.15, 0.2) is 0 Å². The lowest BCUT2D eigenvalue weighted by Crippen LogP contribution is -2.12. The fourth-order valence-electron chi connectivity index (χ4n) is 2.22. The quantitative estimate of drug-likeness (QED) is 0.744. The summed E-state index contributed by atoms with van der Waals surface area (Å²) < 4.78 is 6.76. The molecular weight excluding hydrogens is 214 g/mol. The van der Waals surface area contributed by atoms with Crippen LogP contribution in [-0.2, 0) is 16.1 Å². The maximum atomic E-state index is 11.4. The number of carbonyl (C=O) groups excluding carboxylic acids is 1. The predicted molar refractivity (Wildman–Crippen MR) is 68.2 cm³/mol. The van der Waals surface area contributed by atoms with Crippen LogP contribution in [0.3, 0.4) is 0 Å². The molecule has 0 saturated heterocycles. The number of hydrogen-bond acceptors (Lipinski definition) is 2. The Morgan fingerprint density at radius 3 is 2.53 bits per heavy atom. The molecule has 0 amide bonds. The van der Waals surface area contributed by atoms with Gasteiger partial charge in [-0.25, -0.2) is 0 Å². The maximum absolute atomic E-state index is 11.4. The summed E-state index contributed by atoms with van der Waals surface area (Å²) >= 11 is 0. The molecule has 0 aliphatic carbocycles. The Bertz CT molecular complexity index is 581. The molecule has 2 rings (SSSR count). The number of fused-ring (bicyclic) bond motifs is 1. The minimum Gasteiger partial charge on any atom is -0.468 e. The Labute approximate surface area is 101 Å². The molecule has 1 heterocycles. The number of nitrogens with zero attached hydrogens (tertiary/aromatic N) is 1. The number of hydrogen-bond donors (Lipinski definition) is 0. The van der Waals surface area contributed by atoms with E-state index in [2.05, 4.69) is 32.0 Å². The molecule has 0 unspecified atom stereocenters. The number of methoxy groups -OCH3 is 1. The second-order valence-corrected chi connectivity index (χ2v) is 4.41. The molecule has 17 heavy (non-hydrogen) atoms. The van der Waals surface area contributed by atoms with Crippen molar-refractivity contribution in [3.63, 3.8) is 0 Å². The molecule has 0 radical (unpaired) electrons. The van der Waals surface area contributed by atoms with Crippen molar-refractivity contribution in [2.45, 2.75) is 27.3 Å². The molecular formula is C14H17NO2. The average Bonchev–Trinajstić information content (AvgIpc) is 2.63. The molecule has 90 valence electrons. The van der Waals surface area contributed by atoms with Crippen LogP contribution in [0.2, 0.25) is 0 Å². The zero-order valence-corrected chi connectivity index (χ0v) is 10.7. The summed E-state index contributed by atoms with van der Waals surface area (Å²) in [6, 6.07) is 6.32. The van der Waals surface area contributed by atoms with Crippen LogP contribution in [0.1, 0.15) is 16.8 Å². The van der Waals surface area contributed by atoms with Gasteiger partial charge in [0.25, 0.3) is 0 Å². The maximum Gasteiger partial charge on any atom is 0.325 e. The Balaban J connectivity index is 2.66. The van der Waals surface area contributed by atoms with Gasteiger partial charge in [0, 0.05) is 11.1 Å². The number of carbonyl (C=O) groups is 1. The van der Waals surface area contributed by atoms with Crippen molar-refractivity contribution in [2.24, 2.45) is 0 Å². The zero-order chi connectivity index (χ0) is 12.6. The first-order chi connectivity index (χ1) is 8.04. The van der Waals surface area contributed by atoms with Crippen LogP contribution in [0.4, 0.5) is 0 Å². The molecule has 0 aliphatic heterocycles. The molecule has 1 aromatic heterocycles. The fourth-order valence-corrected chi connectivity index (χ4v) is 2.22. The largest absolute Gasteiger partial charge is 0.468 e. The smallest absolute Gasteiger partial charge is 0.325 e. The monoisotopic (exact) mass is 231 g/mol. The molecule has 3 heteroatoms. The highest BCUT2D eigenvalue weighted by Gasteiger charge is 2.12. The van der Waals surface area contributed by atoms with Gasteiger partial charge in [0.1, 0.15) is 6.54 Å². The van der Waals surface area contributed by atoms with Gasteiger partial charge in [0.05, 0.1) is 12.6 Å². The van der Waals surface area contributed by atoms with Gasteiger partial charge in [-0.05, 0) is 38.0 Å². The number of ether oxygens (including phenoxy) is 1. The van der Waals surface area contributed by atoms with Crippen molar-refractivity contribution in [1.82, 2.24) is 4.57 Å². The molecule has 2 aromatic rings. The third-order valence-electron chi connectivity index (χ3n) is 3.20. The van der Waals surface area contributed by atoms with Gasteiger partial charge in [0.2, 0.25) is 0 Å². The van der Waals surface area contributed by atoms with Gasteiger partial charge in [-0.1, -0.05) is 12.1 Å². The molecule has 0 fully saturated rings. The van der Waals surface area contributed by atoms with Crippen LogP contribution in [0.25, 0.3) is 10.9 Å². The average molecular weight is 231 g/mol. The summed E-state index contributed by atoms with van der Waals surface area (Å²) in [6.45, 7) is 6.44. The molecule has 0 N–H and O–H groups in total. The third kappa shape index (κ3) is 1.93. The van der Waals surface area contributed by atoms with E-state index in [1.54, 1.807) is 0 Å². The van der Waals surface area contributed by atoms with E-state index in [-0.39, 0.29) is 12.5 Å². The van der Waals surface area contributed by atoms with Crippen molar-refractivity contribution >= 4 is 16.9 Å². The first-order valence-corrected chi connectivity index (χ1v) is 5.67. The second-order valence-electron chi connectivity index (χ2n) is 4.41. The van der Waals surface area contributed by atoms with Crippen LogP contribution in [0, 0.1) is 20.8 Å². The topological polar surface area (TPSA) is 31.2 Å². The lowest BCUT2D eigenvalue weighted by atomic mass is 10.1. The first kappa shape index (κ1) is 11.7. The summed E-state index contributed by atoms with van der Waals surface area (Å²) in [6.07, 6.45) is 0. The highest BCUT2D eigenvalue weighted by Crippen LogP contribution is 2.26. The lowest BCUT2D eigenvalue weighted by molar-refractivity contribution is -0.141. The second kappa shape index (κ2) is 4.24. The third-order valence-corrected chi connectivity index (χ3v) is 3.20. The lowest BCUT2D eigenvalue weighted by Gasteiger charge is -2.09. The Kier molecular flexibility index (Phi) is 2.92. The van der Waals surface area contributed by atoms with Crippen LogP contribution in [0.5, 0.6) is 0 Å². The van der Waals surface area contributed by atoms with Crippen LogP contribution < -0.4 is 0 Å². The van der Waals surface area contributed by atoms with E-state index in [0.29, 0.717) is 0 Å². The minimum atomic E-state index is -0.216. The Morgan fingerprint density at radius 2 is 1.88 bits per heavy atom. The summed E-state index contributed by atoms with van der Waals surface area (Å²) in [5.41, 5.74) is 4.63. The van der Waals surface area contributed by atoms with Gasteiger partial charge in [-0.15, -0.1) is 0 Å². The zero-order valence-electron chi connectivity index (χ0n) is 10.7. The summed E-state index contributed by atoms with van der Waals surface area (Å²) in [5, 5.41) is 1.21. The van der Waals surface area contributed by atoms with Crippen LogP contribution in [-0.4, -0.2) is 17.6 Å². The van der Waals surface area contributed by atoms with Gasteiger partial charge >= 0.3 is 5.97 Å². The van der Waals surface area contributed by atoms with E-state index < -0.39 is 0 Å².